The number of nitrogens with two attached hydrogens (primary N) is 1. The zero-order valence-corrected chi connectivity index (χ0v) is 13.5. The SMILES string of the molecule is CC(N)C1CCCN(Cc2ccc(Br)c(F)c2)C1.Cl. The summed E-state index contributed by atoms with van der Waals surface area (Å²) in [4.78, 5) is 2.38. The first-order valence-electron chi connectivity index (χ1n) is 6.48. The molecule has 5 heteroatoms. The molecule has 2 rings (SSSR count). The normalized spacial score (nSPS) is 21.8. The highest BCUT2D eigenvalue weighted by Gasteiger charge is 2.22. The van der Waals surface area contributed by atoms with Gasteiger partial charge >= 0.3 is 0 Å². The first-order chi connectivity index (χ1) is 8.56. The van der Waals surface area contributed by atoms with E-state index in [4.69, 9.17) is 5.73 Å². The average Bonchev–Trinajstić information content (AvgIpc) is 2.34. The van der Waals surface area contributed by atoms with Gasteiger partial charge in [-0.2, -0.15) is 0 Å². The summed E-state index contributed by atoms with van der Waals surface area (Å²) in [5, 5.41) is 0. The van der Waals surface area contributed by atoms with Gasteiger partial charge in [-0.05, 0) is 65.9 Å². The maximum absolute atomic E-state index is 13.5. The summed E-state index contributed by atoms with van der Waals surface area (Å²) < 4.78 is 14.0. The highest BCUT2D eigenvalue weighted by Crippen LogP contribution is 2.22. The number of halogens is 3. The minimum Gasteiger partial charge on any atom is -0.328 e. The van der Waals surface area contributed by atoms with Crippen LogP contribution in [-0.2, 0) is 6.54 Å². The summed E-state index contributed by atoms with van der Waals surface area (Å²) >= 11 is 3.18. The van der Waals surface area contributed by atoms with Crippen LogP contribution in [0, 0.1) is 11.7 Å². The third-order valence-electron chi connectivity index (χ3n) is 3.68. The lowest BCUT2D eigenvalue weighted by atomic mass is 9.92. The molecule has 2 N–H and O–H groups in total. The van der Waals surface area contributed by atoms with Crippen LogP contribution in [0.15, 0.2) is 22.7 Å². The molecule has 1 aromatic rings. The van der Waals surface area contributed by atoms with E-state index in [0.29, 0.717) is 10.4 Å². The Bertz CT molecular complexity index is 414. The van der Waals surface area contributed by atoms with Crippen LogP contribution in [-0.4, -0.2) is 24.0 Å². The summed E-state index contributed by atoms with van der Waals surface area (Å²) in [6.45, 7) is 5.00. The molecule has 1 aliphatic rings. The first-order valence-corrected chi connectivity index (χ1v) is 7.27. The molecule has 2 nitrogen and oxygen atoms in total. The summed E-state index contributed by atoms with van der Waals surface area (Å²) in [5.74, 6) is 0.382. The fourth-order valence-electron chi connectivity index (χ4n) is 2.56. The molecular weight excluding hydrogens is 331 g/mol. The summed E-state index contributed by atoms with van der Waals surface area (Å²) in [6.07, 6.45) is 2.40. The largest absolute Gasteiger partial charge is 0.328 e. The van der Waals surface area contributed by atoms with Gasteiger partial charge in [0.25, 0.3) is 0 Å². The second-order valence-corrected chi connectivity index (χ2v) is 6.10. The number of likely N-dealkylation sites (tertiary alicyclic amines) is 1. The first kappa shape index (κ1) is 16.9. The van der Waals surface area contributed by atoms with Crippen molar-refractivity contribution in [3.8, 4) is 0 Å². The Balaban J connectivity index is 0.00000180. The van der Waals surface area contributed by atoms with E-state index in [9.17, 15) is 4.39 Å². The standard InChI is InChI=1S/C14H20BrFN2.ClH/c1-10(17)12-3-2-6-18(9-12)8-11-4-5-13(15)14(16)7-11;/h4-5,7,10,12H,2-3,6,8-9,17H2,1H3;1H. The van der Waals surface area contributed by atoms with Gasteiger partial charge in [-0.15, -0.1) is 12.4 Å². The summed E-state index contributed by atoms with van der Waals surface area (Å²) in [6, 6.07) is 5.61. The number of hydrogen-bond acceptors (Lipinski definition) is 2. The van der Waals surface area contributed by atoms with Crippen molar-refractivity contribution in [2.45, 2.75) is 32.4 Å². The monoisotopic (exact) mass is 350 g/mol. The Morgan fingerprint density at radius 2 is 2.26 bits per heavy atom. The number of benzene rings is 1. The van der Waals surface area contributed by atoms with Gasteiger partial charge in [0.05, 0.1) is 4.47 Å². The highest BCUT2D eigenvalue weighted by molar-refractivity contribution is 9.10. The van der Waals surface area contributed by atoms with Crippen LogP contribution < -0.4 is 5.73 Å². The number of nitrogens with zero attached hydrogens (tertiary/aromatic N) is 1. The molecule has 108 valence electrons. The van der Waals surface area contributed by atoms with Crippen LogP contribution in [0.3, 0.4) is 0 Å². The highest BCUT2D eigenvalue weighted by atomic mass is 79.9. The van der Waals surface area contributed by atoms with E-state index in [1.165, 1.54) is 12.8 Å². The molecule has 1 saturated heterocycles. The molecule has 1 aliphatic heterocycles. The molecule has 0 aliphatic carbocycles. The van der Waals surface area contributed by atoms with Crippen molar-refractivity contribution in [3.63, 3.8) is 0 Å². The maximum Gasteiger partial charge on any atom is 0.137 e. The van der Waals surface area contributed by atoms with Gasteiger partial charge in [0, 0.05) is 19.1 Å². The van der Waals surface area contributed by atoms with Gasteiger partial charge in [0.15, 0.2) is 0 Å². The fourth-order valence-corrected chi connectivity index (χ4v) is 2.81. The van der Waals surface area contributed by atoms with Crippen molar-refractivity contribution in [1.82, 2.24) is 4.90 Å². The molecule has 0 amide bonds. The Morgan fingerprint density at radius 1 is 1.53 bits per heavy atom. The molecule has 0 aromatic heterocycles. The Hall–Kier alpha value is -0.160. The van der Waals surface area contributed by atoms with Crippen LogP contribution in [0.1, 0.15) is 25.3 Å². The van der Waals surface area contributed by atoms with E-state index < -0.39 is 0 Å². The lowest BCUT2D eigenvalue weighted by Crippen LogP contribution is -2.41. The van der Waals surface area contributed by atoms with E-state index in [2.05, 4.69) is 27.8 Å². The zero-order valence-electron chi connectivity index (χ0n) is 11.1. The van der Waals surface area contributed by atoms with Gasteiger partial charge in [-0.3, -0.25) is 4.90 Å². The van der Waals surface area contributed by atoms with Gasteiger partial charge < -0.3 is 5.73 Å². The lowest BCUT2D eigenvalue weighted by molar-refractivity contribution is 0.154. The van der Waals surface area contributed by atoms with Crippen LogP contribution in [0.2, 0.25) is 0 Å². The van der Waals surface area contributed by atoms with Crippen molar-refractivity contribution in [1.29, 1.82) is 0 Å². The molecule has 1 heterocycles. The molecule has 0 radical (unpaired) electrons. The van der Waals surface area contributed by atoms with Crippen LogP contribution in [0.25, 0.3) is 0 Å². The van der Waals surface area contributed by atoms with Crippen LogP contribution >= 0.6 is 28.3 Å². The fraction of sp³-hybridized carbons (Fsp3) is 0.571. The van der Waals surface area contributed by atoms with E-state index >= 15 is 0 Å². The number of piperidine rings is 1. The Labute approximate surface area is 129 Å². The van der Waals surface area contributed by atoms with Crippen molar-refractivity contribution < 1.29 is 4.39 Å². The van der Waals surface area contributed by atoms with Gasteiger partial charge in [0.2, 0.25) is 0 Å². The zero-order chi connectivity index (χ0) is 13.1. The van der Waals surface area contributed by atoms with Gasteiger partial charge in [-0.25, -0.2) is 4.39 Å². The summed E-state index contributed by atoms with van der Waals surface area (Å²) in [5.41, 5.74) is 7.00. The quantitative estimate of drug-likeness (QED) is 0.902. The molecule has 0 saturated carbocycles. The second kappa shape index (κ2) is 7.58. The van der Waals surface area contributed by atoms with Crippen molar-refractivity contribution in [2.24, 2.45) is 11.7 Å². The van der Waals surface area contributed by atoms with Crippen LogP contribution in [0.5, 0.6) is 0 Å². The molecule has 1 aromatic carbocycles. The van der Waals surface area contributed by atoms with Gasteiger partial charge in [-0.1, -0.05) is 6.07 Å². The predicted molar refractivity (Wildman–Crippen MR) is 83.0 cm³/mol. The smallest absolute Gasteiger partial charge is 0.137 e. The third kappa shape index (κ3) is 4.71. The molecule has 19 heavy (non-hydrogen) atoms. The van der Waals surface area contributed by atoms with Crippen LogP contribution in [0.4, 0.5) is 4.39 Å². The van der Waals surface area contributed by atoms with E-state index in [0.717, 1.165) is 25.2 Å². The molecule has 1 fully saturated rings. The van der Waals surface area contributed by atoms with Gasteiger partial charge in [0.1, 0.15) is 5.82 Å². The molecular formula is C14H21BrClFN2. The number of hydrogen-bond donors (Lipinski definition) is 1. The van der Waals surface area contributed by atoms with Crippen molar-refractivity contribution in [3.05, 3.63) is 34.1 Å². The Kier molecular flexibility index (Phi) is 6.74. The minimum absolute atomic E-state index is 0. The topological polar surface area (TPSA) is 29.3 Å². The second-order valence-electron chi connectivity index (χ2n) is 5.25. The van der Waals surface area contributed by atoms with Crippen molar-refractivity contribution >= 4 is 28.3 Å². The average molecular weight is 352 g/mol. The molecule has 2 atom stereocenters. The maximum atomic E-state index is 13.5. The van der Waals surface area contributed by atoms with Crippen molar-refractivity contribution in [2.75, 3.05) is 13.1 Å². The molecule has 0 spiro atoms. The predicted octanol–water partition coefficient (Wildman–Crippen LogP) is 3.57. The summed E-state index contributed by atoms with van der Waals surface area (Å²) in [7, 11) is 0. The lowest BCUT2D eigenvalue weighted by Gasteiger charge is -2.34. The molecule has 2 unspecified atom stereocenters. The molecule has 0 bridgehead atoms. The number of rotatable bonds is 3. The Morgan fingerprint density at radius 3 is 2.89 bits per heavy atom. The van der Waals surface area contributed by atoms with E-state index in [-0.39, 0.29) is 24.3 Å². The third-order valence-corrected chi connectivity index (χ3v) is 4.32. The minimum atomic E-state index is -0.187. The van der Waals surface area contributed by atoms with E-state index in [1.54, 1.807) is 12.1 Å². The van der Waals surface area contributed by atoms with E-state index in [1.807, 2.05) is 6.07 Å².